The third kappa shape index (κ3) is 3.01. The van der Waals surface area contributed by atoms with E-state index >= 15 is 0 Å². The molecule has 2 aliphatic rings. The fourth-order valence-corrected chi connectivity index (χ4v) is 4.41. The van der Waals surface area contributed by atoms with Crippen LogP contribution in [0, 0.1) is 0 Å². The second-order valence-corrected chi connectivity index (χ2v) is 7.18. The summed E-state index contributed by atoms with van der Waals surface area (Å²) in [6.07, 6.45) is 2.94. The van der Waals surface area contributed by atoms with Crippen LogP contribution in [0.25, 0.3) is 10.8 Å². The first-order chi connectivity index (χ1) is 12.8. The van der Waals surface area contributed by atoms with Gasteiger partial charge in [-0.25, -0.2) is 0 Å². The number of aromatic nitrogens is 2. The van der Waals surface area contributed by atoms with E-state index in [-0.39, 0.29) is 24.4 Å². The number of aromatic amines is 1. The number of carbonyl (C=O) groups is 1. The first-order valence-electron chi connectivity index (χ1n) is 9.38. The first kappa shape index (κ1) is 18.0. The van der Waals surface area contributed by atoms with Crippen molar-refractivity contribution in [1.29, 1.82) is 0 Å². The molecule has 1 saturated heterocycles. The molecule has 2 N–H and O–H groups in total. The zero-order valence-corrected chi connectivity index (χ0v) is 15.9. The quantitative estimate of drug-likeness (QED) is 0.711. The molecule has 1 aromatic heterocycles. The Balaban J connectivity index is 0.00000180. The Morgan fingerprint density at radius 1 is 1.15 bits per heavy atom. The van der Waals surface area contributed by atoms with Crippen LogP contribution in [-0.4, -0.2) is 34.1 Å². The number of hydrogen-bond donors (Lipinski definition) is 2. The van der Waals surface area contributed by atoms with E-state index < -0.39 is 0 Å². The molecule has 0 saturated carbocycles. The van der Waals surface area contributed by atoms with Gasteiger partial charge in [0.25, 0.3) is 5.91 Å². The summed E-state index contributed by atoms with van der Waals surface area (Å²) in [5, 5.41) is 13.3. The number of H-pyrrole nitrogens is 1. The summed E-state index contributed by atoms with van der Waals surface area (Å²) < 4.78 is 0. The molecule has 6 heteroatoms. The van der Waals surface area contributed by atoms with Gasteiger partial charge in [-0.15, -0.1) is 12.4 Å². The Labute approximate surface area is 164 Å². The van der Waals surface area contributed by atoms with Crippen molar-refractivity contribution in [2.24, 2.45) is 0 Å². The fourth-order valence-electron chi connectivity index (χ4n) is 4.41. The number of halogens is 1. The molecule has 2 aromatic carbocycles. The lowest BCUT2D eigenvalue weighted by Gasteiger charge is -2.26. The van der Waals surface area contributed by atoms with Crippen LogP contribution >= 0.6 is 12.4 Å². The highest BCUT2D eigenvalue weighted by atomic mass is 35.5. The standard InChI is InChI=1S/C21H22N4O.ClH/c26-21(20-17-13-22-11-10-18(17)23-24-20)25-12-4-9-19(25)16-8-3-6-14-5-1-2-7-15(14)16;/h1-3,5-8,19,22H,4,9-13H2,(H,23,24);1H. The number of carbonyl (C=O) groups excluding carboxylic acids is 1. The van der Waals surface area contributed by atoms with Gasteiger partial charge in [-0.3, -0.25) is 9.89 Å². The van der Waals surface area contributed by atoms with Crippen molar-refractivity contribution in [2.75, 3.05) is 13.1 Å². The van der Waals surface area contributed by atoms with Gasteiger partial charge < -0.3 is 10.2 Å². The van der Waals surface area contributed by atoms with Gasteiger partial charge in [0.1, 0.15) is 0 Å². The normalized spacial score (nSPS) is 19.0. The predicted octanol–water partition coefficient (Wildman–Crippen LogP) is 3.61. The lowest BCUT2D eigenvalue weighted by molar-refractivity contribution is 0.0729. The van der Waals surface area contributed by atoms with E-state index in [0.29, 0.717) is 5.69 Å². The second kappa shape index (κ2) is 7.33. The molecule has 3 aromatic rings. The monoisotopic (exact) mass is 382 g/mol. The first-order valence-corrected chi connectivity index (χ1v) is 9.38. The minimum Gasteiger partial charge on any atom is -0.330 e. The maximum Gasteiger partial charge on any atom is 0.275 e. The van der Waals surface area contributed by atoms with E-state index in [4.69, 9.17) is 0 Å². The molecule has 0 bridgehead atoms. The van der Waals surface area contributed by atoms with Crippen molar-refractivity contribution in [3.8, 4) is 0 Å². The highest BCUT2D eigenvalue weighted by Crippen LogP contribution is 2.37. The van der Waals surface area contributed by atoms with Crippen LogP contribution in [0.15, 0.2) is 42.5 Å². The van der Waals surface area contributed by atoms with Gasteiger partial charge in [0.2, 0.25) is 0 Å². The molecule has 2 aliphatic heterocycles. The number of hydrogen-bond acceptors (Lipinski definition) is 3. The van der Waals surface area contributed by atoms with E-state index in [1.807, 2.05) is 4.90 Å². The van der Waals surface area contributed by atoms with E-state index in [1.54, 1.807) is 0 Å². The number of likely N-dealkylation sites (tertiary alicyclic amines) is 1. The van der Waals surface area contributed by atoms with Crippen molar-refractivity contribution in [3.05, 3.63) is 65.0 Å². The van der Waals surface area contributed by atoms with Crippen molar-refractivity contribution >= 4 is 29.1 Å². The smallest absolute Gasteiger partial charge is 0.275 e. The molecule has 3 heterocycles. The Morgan fingerprint density at radius 3 is 2.93 bits per heavy atom. The summed E-state index contributed by atoms with van der Waals surface area (Å²) in [4.78, 5) is 15.3. The van der Waals surface area contributed by atoms with Crippen LogP contribution in [-0.2, 0) is 13.0 Å². The molecule has 1 atom stereocenters. The minimum atomic E-state index is 0. The molecule has 140 valence electrons. The van der Waals surface area contributed by atoms with Crippen LogP contribution < -0.4 is 5.32 Å². The summed E-state index contributed by atoms with van der Waals surface area (Å²) in [7, 11) is 0. The Morgan fingerprint density at radius 2 is 2.00 bits per heavy atom. The molecular weight excluding hydrogens is 360 g/mol. The molecule has 1 unspecified atom stereocenters. The van der Waals surface area contributed by atoms with E-state index in [1.165, 1.54) is 16.3 Å². The minimum absolute atomic E-state index is 0. The topological polar surface area (TPSA) is 61.0 Å². The van der Waals surface area contributed by atoms with Gasteiger partial charge >= 0.3 is 0 Å². The number of nitrogens with zero attached hydrogens (tertiary/aromatic N) is 2. The van der Waals surface area contributed by atoms with E-state index in [0.717, 1.165) is 50.2 Å². The summed E-state index contributed by atoms with van der Waals surface area (Å²) in [5.74, 6) is 0.0571. The second-order valence-electron chi connectivity index (χ2n) is 7.18. The third-order valence-corrected chi connectivity index (χ3v) is 5.70. The lowest BCUT2D eigenvalue weighted by atomic mass is 9.97. The van der Waals surface area contributed by atoms with Gasteiger partial charge in [0.15, 0.2) is 5.69 Å². The zero-order valence-electron chi connectivity index (χ0n) is 15.1. The molecule has 0 radical (unpaired) electrons. The average molecular weight is 383 g/mol. The van der Waals surface area contributed by atoms with Crippen LogP contribution in [0.4, 0.5) is 0 Å². The molecule has 5 nitrogen and oxygen atoms in total. The lowest BCUT2D eigenvalue weighted by Crippen LogP contribution is -2.33. The van der Waals surface area contributed by atoms with Gasteiger partial charge in [-0.1, -0.05) is 42.5 Å². The predicted molar refractivity (Wildman–Crippen MR) is 108 cm³/mol. The Bertz CT molecular complexity index is 978. The number of fused-ring (bicyclic) bond motifs is 2. The summed E-state index contributed by atoms with van der Waals surface area (Å²) in [5.41, 5.74) is 3.99. The van der Waals surface area contributed by atoms with Crippen LogP contribution in [0.1, 0.15) is 46.2 Å². The number of amides is 1. The largest absolute Gasteiger partial charge is 0.330 e. The highest BCUT2D eigenvalue weighted by Gasteiger charge is 2.34. The molecule has 0 spiro atoms. The number of nitrogens with one attached hydrogen (secondary N) is 2. The van der Waals surface area contributed by atoms with Gasteiger partial charge in [-0.05, 0) is 29.2 Å². The average Bonchev–Trinajstić information content (AvgIpc) is 3.34. The summed E-state index contributed by atoms with van der Waals surface area (Å²) in [6.45, 7) is 2.45. The van der Waals surface area contributed by atoms with Gasteiger partial charge in [0, 0.05) is 37.3 Å². The SMILES string of the molecule is Cl.O=C(c1n[nH]c2c1CNCC2)N1CCCC1c1cccc2ccccc12. The third-order valence-electron chi connectivity index (χ3n) is 5.70. The molecule has 1 fully saturated rings. The molecule has 0 aliphatic carbocycles. The molecule has 5 rings (SSSR count). The van der Waals surface area contributed by atoms with Crippen molar-refractivity contribution in [3.63, 3.8) is 0 Å². The molecule has 27 heavy (non-hydrogen) atoms. The van der Waals surface area contributed by atoms with E-state index in [2.05, 4.69) is 58.0 Å². The summed E-state index contributed by atoms with van der Waals surface area (Å²) in [6, 6.07) is 14.9. The molecule has 1 amide bonds. The zero-order chi connectivity index (χ0) is 17.5. The Kier molecular flexibility index (Phi) is 4.89. The maximum absolute atomic E-state index is 13.3. The van der Waals surface area contributed by atoms with Gasteiger partial charge in [0.05, 0.1) is 6.04 Å². The van der Waals surface area contributed by atoms with Crippen LogP contribution in [0.3, 0.4) is 0 Å². The van der Waals surface area contributed by atoms with E-state index in [9.17, 15) is 4.79 Å². The van der Waals surface area contributed by atoms with Gasteiger partial charge in [-0.2, -0.15) is 5.10 Å². The highest BCUT2D eigenvalue weighted by molar-refractivity contribution is 5.95. The summed E-state index contributed by atoms with van der Waals surface area (Å²) >= 11 is 0. The number of rotatable bonds is 2. The van der Waals surface area contributed by atoms with Crippen molar-refractivity contribution < 1.29 is 4.79 Å². The van der Waals surface area contributed by atoms with Crippen LogP contribution in [0.5, 0.6) is 0 Å². The number of benzene rings is 2. The van der Waals surface area contributed by atoms with Crippen LogP contribution in [0.2, 0.25) is 0 Å². The molecular formula is C21H23ClN4O. The van der Waals surface area contributed by atoms with Crippen molar-refractivity contribution in [2.45, 2.75) is 31.8 Å². The maximum atomic E-state index is 13.3. The van der Waals surface area contributed by atoms with Crippen molar-refractivity contribution in [1.82, 2.24) is 20.4 Å². The fraction of sp³-hybridized carbons (Fsp3) is 0.333. The Hall–Kier alpha value is -2.37.